The van der Waals surface area contributed by atoms with Gasteiger partial charge in [0.25, 0.3) is 17.1 Å². The SMILES string of the molecule is COCc1nc(-n2ccc3nc4ccn(Cc5ccncc5)c(=O)c4cc3c2=O)n[nH]1. The topological polar surface area (TPSA) is 121 Å². The van der Waals surface area contributed by atoms with Crippen molar-refractivity contribution < 1.29 is 4.74 Å². The minimum atomic E-state index is -0.362. The highest BCUT2D eigenvalue weighted by Crippen LogP contribution is 2.15. The standard InChI is InChI=1S/C21H17N7O3/c1-31-12-18-24-21(26-25-18)28-9-5-17-15(20(28)30)10-14-16(23-17)4-8-27(19(14)29)11-13-2-6-22-7-3-13/h2-10H,11-12H2,1H3,(H,24,25,26). The number of nitrogens with zero attached hydrogens (tertiary/aromatic N) is 6. The highest BCUT2D eigenvalue weighted by atomic mass is 16.5. The number of pyridine rings is 4. The van der Waals surface area contributed by atoms with Gasteiger partial charge in [-0.2, -0.15) is 4.98 Å². The summed E-state index contributed by atoms with van der Waals surface area (Å²) >= 11 is 0. The fourth-order valence-corrected chi connectivity index (χ4v) is 3.43. The molecule has 5 aromatic heterocycles. The Morgan fingerprint density at radius 1 is 0.968 bits per heavy atom. The summed E-state index contributed by atoms with van der Waals surface area (Å²) in [6, 6.07) is 8.76. The molecule has 0 atom stereocenters. The molecule has 10 nitrogen and oxygen atoms in total. The maximum Gasteiger partial charge on any atom is 0.267 e. The summed E-state index contributed by atoms with van der Waals surface area (Å²) in [5.74, 6) is 0.697. The van der Waals surface area contributed by atoms with E-state index in [4.69, 9.17) is 4.74 Å². The lowest BCUT2D eigenvalue weighted by molar-refractivity contribution is 0.178. The first-order chi connectivity index (χ1) is 15.1. The quantitative estimate of drug-likeness (QED) is 0.431. The first-order valence-electron chi connectivity index (χ1n) is 9.49. The predicted molar refractivity (Wildman–Crippen MR) is 113 cm³/mol. The van der Waals surface area contributed by atoms with Gasteiger partial charge in [0.15, 0.2) is 5.82 Å². The minimum absolute atomic E-state index is 0.196. The van der Waals surface area contributed by atoms with Crippen molar-refractivity contribution in [3.63, 3.8) is 0 Å². The molecule has 10 heteroatoms. The van der Waals surface area contributed by atoms with Crippen LogP contribution in [0.15, 0.2) is 64.7 Å². The molecule has 0 saturated heterocycles. The summed E-state index contributed by atoms with van der Waals surface area (Å²) in [5.41, 5.74) is 1.38. The molecule has 5 rings (SSSR count). The lowest BCUT2D eigenvalue weighted by Crippen LogP contribution is -2.22. The van der Waals surface area contributed by atoms with E-state index in [0.29, 0.717) is 34.2 Å². The number of methoxy groups -OCH3 is 1. The smallest absolute Gasteiger partial charge is 0.267 e. The Kier molecular flexibility index (Phi) is 4.60. The third-order valence-corrected chi connectivity index (χ3v) is 4.93. The van der Waals surface area contributed by atoms with Crippen LogP contribution in [0.1, 0.15) is 11.4 Å². The monoisotopic (exact) mass is 415 g/mol. The van der Waals surface area contributed by atoms with Gasteiger partial charge in [0.2, 0.25) is 0 Å². The summed E-state index contributed by atoms with van der Waals surface area (Å²) in [4.78, 5) is 38.9. The fourth-order valence-electron chi connectivity index (χ4n) is 3.43. The second-order valence-corrected chi connectivity index (χ2v) is 6.96. The van der Waals surface area contributed by atoms with E-state index in [-0.39, 0.29) is 23.7 Å². The molecule has 5 aromatic rings. The van der Waals surface area contributed by atoms with Gasteiger partial charge in [0.1, 0.15) is 6.61 Å². The van der Waals surface area contributed by atoms with E-state index in [0.717, 1.165) is 5.56 Å². The number of ether oxygens (including phenoxy) is 1. The van der Waals surface area contributed by atoms with Gasteiger partial charge < -0.3 is 9.30 Å². The molecule has 0 aliphatic heterocycles. The van der Waals surface area contributed by atoms with E-state index in [2.05, 4.69) is 25.1 Å². The van der Waals surface area contributed by atoms with Crippen LogP contribution in [-0.2, 0) is 17.9 Å². The van der Waals surface area contributed by atoms with E-state index >= 15 is 0 Å². The van der Waals surface area contributed by atoms with Gasteiger partial charge in [0, 0.05) is 31.9 Å². The third-order valence-electron chi connectivity index (χ3n) is 4.93. The maximum absolute atomic E-state index is 13.1. The highest BCUT2D eigenvalue weighted by Gasteiger charge is 2.13. The molecule has 1 N–H and O–H groups in total. The van der Waals surface area contributed by atoms with Crippen LogP contribution in [0.25, 0.3) is 27.8 Å². The summed E-state index contributed by atoms with van der Waals surface area (Å²) in [6.07, 6.45) is 6.63. The van der Waals surface area contributed by atoms with Crippen molar-refractivity contribution >= 4 is 21.8 Å². The Labute approximate surface area is 174 Å². The number of aromatic amines is 1. The van der Waals surface area contributed by atoms with Gasteiger partial charge in [-0.05, 0) is 35.9 Å². The summed E-state index contributed by atoms with van der Waals surface area (Å²) in [6.45, 7) is 0.645. The number of aromatic nitrogens is 7. The van der Waals surface area contributed by atoms with E-state index < -0.39 is 0 Å². The minimum Gasteiger partial charge on any atom is -0.377 e. The molecule has 0 saturated carbocycles. The Balaban J connectivity index is 1.64. The average Bonchev–Trinajstić information content (AvgIpc) is 3.25. The van der Waals surface area contributed by atoms with Crippen molar-refractivity contribution in [2.75, 3.05) is 7.11 Å². The van der Waals surface area contributed by atoms with Crippen molar-refractivity contribution in [3.05, 3.63) is 87.2 Å². The lowest BCUT2D eigenvalue weighted by atomic mass is 10.2. The molecule has 0 unspecified atom stereocenters. The Bertz CT molecular complexity index is 1520. The Morgan fingerprint density at radius 3 is 2.48 bits per heavy atom. The lowest BCUT2D eigenvalue weighted by Gasteiger charge is -2.08. The maximum atomic E-state index is 13.1. The van der Waals surface area contributed by atoms with E-state index in [1.807, 2.05) is 12.1 Å². The number of hydrogen-bond acceptors (Lipinski definition) is 7. The molecule has 0 amide bonds. The van der Waals surface area contributed by atoms with Crippen LogP contribution in [0, 0.1) is 0 Å². The summed E-state index contributed by atoms with van der Waals surface area (Å²) in [7, 11) is 1.54. The van der Waals surface area contributed by atoms with Crippen molar-refractivity contribution in [3.8, 4) is 5.95 Å². The molecule has 0 spiro atoms. The molecule has 0 aromatic carbocycles. The number of rotatable bonds is 5. The zero-order valence-corrected chi connectivity index (χ0v) is 16.5. The van der Waals surface area contributed by atoms with Crippen LogP contribution in [-0.4, -0.2) is 41.4 Å². The zero-order chi connectivity index (χ0) is 21.4. The second kappa shape index (κ2) is 7.58. The second-order valence-electron chi connectivity index (χ2n) is 6.96. The molecular weight excluding hydrogens is 398 g/mol. The average molecular weight is 415 g/mol. The zero-order valence-electron chi connectivity index (χ0n) is 16.5. The molecule has 31 heavy (non-hydrogen) atoms. The molecule has 0 radical (unpaired) electrons. The first-order valence-corrected chi connectivity index (χ1v) is 9.49. The van der Waals surface area contributed by atoms with Gasteiger partial charge in [-0.3, -0.25) is 19.7 Å². The van der Waals surface area contributed by atoms with Crippen molar-refractivity contribution in [1.29, 1.82) is 0 Å². The number of H-pyrrole nitrogens is 1. The number of fused-ring (bicyclic) bond motifs is 2. The molecule has 0 bridgehead atoms. The van der Waals surface area contributed by atoms with Crippen LogP contribution >= 0.6 is 0 Å². The van der Waals surface area contributed by atoms with Crippen LogP contribution in [0.3, 0.4) is 0 Å². The fraction of sp³-hybridized carbons (Fsp3) is 0.143. The van der Waals surface area contributed by atoms with E-state index in [1.54, 1.807) is 54.7 Å². The van der Waals surface area contributed by atoms with Crippen molar-refractivity contribution in [2.45, 2.75) is 13.2 Å². The number of hydrogen-bond donors (Lipinski definition) is 1. The first kappa shape index (κ1) is 18.8. The van der Waals surface area contributed by atoms with Crippen LogP contribution in [0.4, 0.5) is 0 Å². The van der Waals surface area contributed by atoms with E-state index in [9.17, 15) is 9.59 Å². The highest BCUT2D eigenvalue weighted by molar-refractivity contribution is 5.91. The summed E-state index contributed by atoms with van der Waals surface area (Å²) < 4.78 is 7.91. The molecule has 0 fully saturated rings. The van der Waals surface area contributed by atoms with Crippen LogP contribution in [0.5, 0.6) is 0 Å². The Hall–Kier alpha value is -4.18. The Morgan fingerprint density at radius 2 is 1.71 bits per heavy atom. The predicted octanol–water partition coefficient (Wildman–Crippen LogP) is 1.41. The van der Waals surface area contributed by atoms with Crippen LogP contribution < -0.4 is 11.1 Å². The molecule has 5 heterocycles. The van der Waals surface area contributed by atoms with Crippen LogP contribution in [0.2, 0.25) is 0 Å². The van der Waals surface area contributed by atoms with Gasteiger partial charge in [-0.25, -0.2) is 9.55 Å². The number of nitrogens with one attached hydrogen (secondary N) is 1. The molecule has 0 aliphatic rings. The van der Waals surface area contributed by atoms with Gasteiger partial charge in [0.05, 0.1) is 28.4 Å². The van der Waals surface area contributed by atoms with Crippen molar-refractivity contribution in [1.82, 2.24) is 34.3 Å². The van der Waals surface area contributed by atoms with Crippen molar-refractivity contribution in [2.24, 2.45) is 0 Å². The van der Waals surface area contributed by atoms with Gasteiger partial charge in [-0.1, -0.05) is 0 Å². The van der Waals surface area contributed by atoms with E-state index in [1.165, 1.54) is 4.57 Å². The summed E-state index contributed by atoms with van der Waals surface area (Å²) in [5, 5.41) is 7.48. The van der Waals surface area contributed by atoms with Gasteiger partial charge in [-0.15, -0.1) is 5.10 Å². The molecular formula is C21H17N7O3. The molecule has 0 aliphatic carbocycles. The largest absolute Gasteiger partial charge is 0.377 e. The normalized spacial score (nSPS) is 11.4. The van der Waals surface area contributed by atoms with Gasteiger partial charge >= 0.3 is 0 Å². The molecule has 154 valence electrons. The third kappa shape index (κ3) is 3.38.